The monoisotopic (exact) mass is 174 g/mol. The molecule has 0 bridgehead atoms. The highest BCUT2D eigenvalue weighted by Crippen LogP contribution is 1.74. The quantitative estimate of drug-likeness (QED) is 0.381. The topological polar surface area (TPSA) is 72.2 Å². The summed E-state index contributed by atoms with van der Waals surface area (Å²) in [7, 11) is 0. The molecule has 0 aromatic carbocycles. The van der Waals surface area contributed by atoms with E-state index in [1.54, 1.807) is 0 Å². The maximum absolute atomic E-state index is 10.7. The molecule has 4 nitrogen and oxygen atoms in total. The first kappa shape index (κ1) is 10.0. The van der Waals surface area contributed by atoms with Crippen LogP contribution in [0.5, 0.6) is 0 Å². The fourth-order valence-electron chi connectivity index (χ4n) is 0.396. The molecule has 0 atom stereocenters. The highest BCUT2D eigenvalue weighted by Gasteiger charge is 1.92. The Kier molecular flexibility index (Phi) is 5.28. The number of primary amides is 1. The third-order valence-corrected chi connectivity index (χ3v) is 1.03. The number of thiol groups is 1. The van der Waals surface area contributed by atoms with Crippen molar-refractivity contribution in [3.8, 4) is 0 Å². The van der Waals surface area contributed by atoms with Crippen molar-refractivity contribution < 1.29 is 9.59 Å². The van der Waals surface area contributed by atoms with Crippen molar-refractivity contribution in [1.82, 2.24) is 5.32 Å². The van der Waals surface area contributed by atoms with Crippen LogP contribution in [0.3, 0.4) is 0 Å². The SMILES string of the molecule is NC(=O)/C=C/C(=O)NCCS. The van der Waals surface area contributed by atoms with Crippen LogP contribution in [0.2, 0.25) is 0 Å². The first-order chi connectivity index (χ1) is 5.16. The van der Waals surface area contributed by atoms with E-state index in [9.17, 15) is 9.59 Å². The zero-order chi connectivity index (χ0) is 8.69. The Morgan fingerprint density at radius 2 is 2.09 bits per heavy atom. The van der Waals surface area contributed by atoms with Gasteiger partial charge in [0, 0.05) is 24.4 Å². The van der Waals surface area contributed by atoms with E-state index in [4.69, 9.17) is 5.73 Å². The van der Waals surface area contributed by atoms with Gasteiger partial charge in [0.05, 0.1) is 0 Å². The van der Waals surface area contributed by atoms with Gasteiger partial charge in [-0.05, 0) is 0 Å². The summed E-state index contributed by atoms with van der Waals surface area (Å²) in [6.45, 7) is 0.477. The van der Waals surface area contributed by atoms with E-state index in [-0.39, 0.29) is 5.91 Å². The molecule has 0 rings (SSSR count). The zero-order valence-corrected chi connectivity index (χ0v) is 6.80. The minimum absolute atomic E-state index is 0.335. The smallest absolute Gasteiger partial charge is 0.244 e. The van der Waals surface area contributed by atoms with Crippen molar-refractivity contribution >= 4 is 24.4 Å². The lowest BCUT2D eigenvalue weighted by atomic mass is 10.4. The van der Waals surface area contributed by atoms with E-state index in [2.05, 4.69) is 17.9 Å². The summed E-state index contributed by atoms with van der Waals surface area (Å²) < 4.78 is 0. The second-order valence-corrected chi connectivity index (χ2v) is 2.20. The summed E-state index contributed by atoms with van der Waals surface area (Å²) in [6, 6.07) is 0. The molecule has 0 aromatic heterocycles. The lowest BCUT2D eigenvalue weighted by Crippen LogP contribution is -2.23. The summed E-state index contributed by atoms with van der Waals surface area (Å²) in [5, 5.41) is 2.48. The van der Waals surface area contributed by atoms with E-state index in [0.717, 1.165) is 12.2 Å². The van der Waals surface area contributed by atoms with E-state index in [1.807, 2.05) is 0 Å². The van der Waals surface area contributed by atoms with Crippen molar-refractivity contribution in [2.45, 2.75) is 0 Å². The molecule has 0 saturated carbocycles. The normalized spacial score (nSPS) is 9.91. The second-order valence-electron chi connectivity index (χ2n) is 1.75. The van der Waals surface area contributed by atoms with Crippen molar-refractivity contribution in [3.05, 3.63) is 12.2 Å². The molecular formula is C6H10N2O2S. The van der Waals surface area contributed by atoms with Gasteiger partial charge >= 0.3 is 0 Å². The Morgan fingerprint density at radius 1 is 1.45 bits per heavy atom. The van der Waals surface area contributed by atoms with Crippen molar-refractivity contribution in [2.24, 2.45) is 5.73 Å². The van der Waals surface area contributed by atoms with Gasteiger partial charge in [-0.1, -0.05) is 0 Å². The third-order valence-electron chi connectivity index (χ3n) is 0.810. The van der Waals surface area contributed by atoms with E-state index in [0.29, 0.717) is 12.3 Å². The number of carbonyl (C=O) groups is 2. The van der Waals surface area contributed by atoms with Gasteiger partial charge in [-0.3, -0.25) is 9.59 Å². The molecule has 0 unspecified atom stereocenters. The minimum Gasteiger partial charge on any atom is -0.366 e. The molecule has 0 aromatic rings. The molecule has 0 aliphatic carbocycles. The second kappa shape index (κ2) is 5.79. The summed E-state index contributed by atoms with van der Waals surface area (Å²) in [4.78, 5) is 20.8. The Labute approximate surface area is 70.2 Å². The van der Waals surface area contributed by atoms with Crippen molar-refractivity contribution in [3.63, 3.8) is 0 Å². The maximum Gasteiger partial charge on any atom is 0.244 e. The Balaban J connectivity index is 3.60. The average Bonchev–Trinajstić information content (AvgIpc) is 1.97. The molecular weight excluding hydrogens is 164 g/mol. The van der Waals surface area contributed by atoms with Gasteiger partial charge in [-0.25, -0.2) is 0 Å². The van der Waals surface area contributed by atoms with Crippen LogP contribution in [-0.4, -0.2) is 24.1 Å². The summed E-state index contributed by atoms with van der Waals surface area (Å²) >= 11 is 3.87. The zero-order valence-electron chi connectivity index (χ0n) is 5.91. The highest BCUT2D eigenvalue weighted by atomic mass is 32.1. The van der Waals surface area contributed by atoms with Crippen LogP contribution < -0.4 is 11.1 Å². The number of amides is 2. The number of carbonyl (C=O) groups excluding carboxylic acids is 2. The highest BCUT2D eigenvalue weighted by molar-refractivity contribution is 7.80. The molecule has 11 heavy (non-hydrogen) atoms. The molecule has 5 heteroatoms. The van der Waals surface area contributed by atoms with E-state index in [1.165, 1.54) is 0 Å². The van der Waals surface area contributed by atoms with Crippen molar-refractivity contribution in [2.75, 3.05) is 12.3 Å². The molecule has 0 saturated heterocycles. The molecule has 0 aliphatic rings. The maximum atomic E-state index is 10.7. The standard InChI is InChI=1S/C6H10N2O2S/c7-5(9)1-2-6(10)8-3-4-11/h1-2,11H,3-4H2,(H2,7,9)(H,8,10)/b2-1+. The van der Waals surface area contributed by atoms with Gasteiger partial charge in [-0.15, -0.1) is 0 Å². The van der Waals surface area contributed by atoms with Crippen LogP contribution in [0, 0.1) is 0 Å². The van der Waals surface area contributed by atoms with Crippen molar-refractivity contribution in [1.29, 1.82) is 0 Å². The number of nitrogens with two attached hydrogens (primary N) is 1. The molecule has 0 spiro atoms. The molecule has 0 fully saturated rings. The van der Waals surface area contributed by atoms with Crippen LogP contribution in [0.15, 0.2) is 12.2 Å². The fourth-order valence-corrected chi connectivity index (χ4v) is 0.508. The molecule has 0 aliphatic heterocycles. The van der Waals surface area contributed by atoms with Crippen LogP contribution >= 0.6 is 12.6 Å². The molecule has 2 amide bonds. The number of nitrogens with one attached hydrogen (secondary N) is 1. The van der Waals surface area contributed by atoms with Crippen LogP contribution in [0.4, 0.5) is 0 Å². The summed E-state index contributed by atoms with van der Waals surface area (Å²) in [6.07, 6.45) is 2.10. The van der Waals surface area contributed by atoms with Gasteiger partial charge in [0.1, 0.15) is 0 Å². The van der Waals surface area contributed by atoms with Gasteiger partial charge in [0.25, 0.3) is 0 Å². The van der Waals surface area contributed by atoms with Gasteiger partial charge in [0.2, 0.25) is 11.8 Å². The third kappa shape index (κ3) is 6.92. The predicted molar refractivity (Wildman–Crippen MR) is 45.2 cm³/mol. The molecule has 0 radical (unpaired) electrons. The number of hydrogen-bond acceptors (Lipinski definition) is 3. The lowest BCUT2D eigenvalue weighted by Gasteiger charge is -1.95. The first-order valence-corrected chi connectivity index (χ1v) is 3.66. The number of rotatable bonds is 4. The fraction of sp³-hybridized carbons (Fsp3) is 0.333. The lowest BCUT2D eigenvalue weighted by molar-refractivity contribution is -0.117. The van der Waals surface area contributed by atoms with Gasteiger partial charge < -0.3 is 11.1 Å². The van der Waals surface area contributed by atoms with Gasteiger partial charge in [-0.2, -0.15) is 12.6 Å². The summed E-state index contributed by atoms with van der Waals surface area (Å²) in [5.41, 5.74) is 4.75. The average molecular weight is 174 g/mol. The predicted octanol–water partition coefficient (Wildman–Crippen LogP) is -0.926. The van der Waals surface area contributed by atoms with Crippen LogP contribution in [0.1, 0.15) is 0 Å². The van der Waals surface area contributed by atoms with Crippen LogP contribution in [-0.2, 0) is 9.59 Å². The Morgan fingerprint density at radius 3 is 2.55 bits per heavy atom. The molecule has 3 N–H and O–H groups in total. The minimum atomic E-state index is -0.633. The van der Waals surface area contributed by atoms with E-state index < -0.39 is 5.91 Å². The van der Waals surface area contributed by atoms with Gasteiger partial charge in [0.15, 0.2) is 0 Å². The van der Waals surface area contributed by atoms with Crippen LogP contribution in [0.25, 0.3) is 0 Å². The first-order valence-electron chi connectivity index (χ1n) is 3.03. The summed E-state index contributed by atoms with van der Waals surface area (Å²) in [5.74, 6) is -0.403. The van der Waals surface area contributed by atoms with E-state index >= 15 is 0 Å². The Hall–Kier alpha value is -0.970. The largest absolute Gasteiger partial charge is 0.366 e. The Bertz CT molecular complexity index is 179. The molecule has 62 valence electrons. The molecule has 0 heterocycles. The number of hydrogen-bond donors (Lipinski definition) is 3.